The molecule has 2 heterocycles. The standard InChI is InChI=1S/C20H25ClN5O6P/c1-2-16(27)12-32-33(29,31-11-14-4-3-5-15(21)10-14)9-8-30-7-6-26-13-23-17-18(26)24-20(22)25-19(17)28/h3-5,10,13H,2,6-9,11-12H2,1H3,(H3,22,24,25,28). The van der Waals surface area contributed by atoms with Gasteiger partial charge in [-0.2, -0.15) is 4.98 Å². The summed E-state index contributed by atoms with van der Waals surface area (Å²) in [7, 11) is -3.60. The highest BCUT2D eigenvalue weighted by Crippen LogP contribution is 2.48. The van der Waals surface area contributed by atoms with E-state index in [1.807, 2.05) is 0 Å². The predicted octanol–water partition coefficient (Wildman–Crippen LogP) is 2.78. The lowest BCUT2D eigenvalue weighted by Gasteiger charge is -2.18. The van der Waals surface area contributed by atoms with Gasteiger partial charge in [0.2, 0.25) is 5.95 Å². The Morgan fingerprint density at radius 3 is 2.88 bits per heavy atom. The van der Waals surface area contributed by atoms with Gasteiger partial charge in [0.05, 0.1) is 32.3 Å². The first-order chi connectivity index (χ1) is 15.8. The maximum absolute atomic E-state index is 13.1. The molecule has 0 amide bonds. The summed E-state index contributed by atoms with van der Waals surface area (Å²) in [6, 6.07) is 6.96. The molecule has 0 spiro atoms. The number of nitrogens with two attached hydrogens (primary N) is 1. The summed E-state index contributed by atoms with van der Waals surface area (Å²) in [6.07, 6.45) is 1.69. The number of imidazole rings is 1. The molecule has 0 radical (unpaired) electrons. The van der Waals surface area contributed by atoms with Gasteiger partial charge in [-0.1, -0.05) is 30.7 Å². The third-order valence-corrected chi connectivity index (χ3v) is 6.62. The first-order valence-corrected chi connectivity index (χ1v) is 12.3. The van der Waals surface area contributed by atoms with Crippen LogP contribution in [-0.2, 0) is 36.3 Å². The molecule has 0 saturated carbocycles. The second kappa shape index (κ2) is 11.5. The van der Waals surface area contributed by atoms with E-state index in [1.165, 1.54) is 6.33 Å². The number of ketones is 1. The number of benzene rings is 1. The predicted molar refractivity (Wildman–Crippen MR) is 123 cm³/mol. The summed E-state index contributed by atoms with van der Waals surface area (Å²) >= 11 is 5.97. The second-order valence-corrected chi connectivity index (χ2v) is 9.70. The molecule has 33 heavy (non-hydrogen) atoms. The molecule has 3 N–H and O–H groups in total. The molecule has 1 unspecified atom stereocenters. The van der Waals surface area contributed by atoms with Gasteiger partial charge in [-0.15, -0.1) is 0 Å². The van der Waals surface area contributed by atoms with Crippen LogP contribution in [-0.4, -0.2) is 51.3 Å². The first kappa shape index (κ1) is 25.1. The molecule has 0 fully saturated rings. The van der Waals surface area contributed by atoms with Gasteiger partial charge in [0.15, 0.2) is 16.9 Å². The smallest absolute Gasteiger partial charge is 0.333 e. The van der Waals surface area contributed by atoms with Gasteiger partial charge in [-0.3, -0.25) is 19.1 Å². The maximum Gasteiger partial charge on any atom is 0.333 e. The summed E-state index contributed by atoms with van der Waals surface area (Å²) in [5.74, 6) is -0.192. The Hall–Kier alpha value is -2.56. The van der Waals surface area contributed by atoms with Crippen LogP contribution in [0.4, 0.5) is 5.95 Å². The number of nitrogen functional groups attached to an aromatic ring is 1. The van der Waals surface area contributed by atoms with Crippen molar-refractivity contribution in [1.29, 1.82) is 0 Å². The fourth-order valence-corrected chi connectivity index (χ4v) is 4.40. The summed E-state index contributed by atoms with van der Waals surface area (Å²) in [6.45, 7) is 2.04. The SMILES string of the molecule is CCC(=O)COP(=O)(CCOCCn1cnc2c(=O)[nH]c(N)nc21)OCc1cccc(Cl)c1. The Morgan fingerprint density at radius 1 is 1.30 bits per heavy atom. The summed E-state index contributed by atoms with van der Waals surface area (Å²) in [4.78, 5) is 34.0. The zero-order valence-corrected chi connectivity index (χ0v) is 19.7. The molecule has 0 aliphatic carbocycles. The lowest BCUT2D eigenvalue weighted by molar-refractivity contribution is -0.121. The molecule has 0 bridgehead atoms. The van der Waals surface area contributed by atoms with E-state index in [0.717, 1.165) is 5.56 Å². The third kappa shape index (κ3) is 7.21. The highest BCUT2D eigenvalue weighted by molar-refractivity contribution is 7.53. The van der Waals surface area contributed by atoms with Crippen molar-refractivity contribution in [3.05, 3.63) is 51.5 Å². The molecule has 3 rings (SSSR count). The van der Waals surface area contributed by atoms with E-state index < -0.39 is 13.2 Å². The molecule has 0 aliphatic rings. The van der Waals surface area contributed by atoms with Crippen molar-refractivity contribution in [2.24, 2.45) is 0 Å². The number of Topliss-reactive ketones (excluding diaryl/α,β-unsaturated/α-hetero) is 1. The molecule has 0 aliphatic heterocycles. The number of nitrogens with one attached hydrogen (secondary N) is 1. The van der Waals surface area contributed by atoms with E-state index in [2.05, 4.69) is 15.0 Å². The number of carbonyl (C=O) groups excluding carboxylic acids is 1. The normalized spacial score (nSPS) is 13.3. The molecule has 178 valence electrons. The van der Waals surface area contributed by atoms with Gasteiger partial charge >= 0.3 is 7.60 Å². The van der Waals surface area contributed by atoms with Crippen molar-refractivity contribution in [2.45, 2.75) is 26.5 Å². The van der Waals surface area contributed by atoms with E-state index >= 15 is 0 Å². The molecule has 11 nitrogen and oxygen atoms in total. The third-order valence-electron chi connectivity index (χ3n) is 4.61. The number of halogens is 1. The van der Waals surface area contributed by atoms with Crippen molar-refractivity contribution in [3.63, 3.8) is 0 Å². The van der Waals surface area contributed by atoms with Crippen LogP contribution in [0.5, 0.6) is 0 Å². The van der Waals surface area contributed by atoms with Crippen LogP contribution in [0.15, 0.2) is 35.4 Å². The molecule has 1 aromatic carbocycles. The van der Waals surface area contributed by atoms with Crippen LogP contribution in [0.2, 0.25) is 5.02 Å². The van der Waals surface area contributed by atoms with Gasteiger partial charge in [-0.25, -0.2) is 4.98 Å². The van der Waals surface area contributed by atoms with E-state index in [0.29, 0.717) is 17.2 Å². The Bertz CT molecular complexity index is 1210. The van der Waals surface area contributed by atoms with Crippen LogP contribution in [0.25, 0.3) is 11.2 Å². The van der Waals surface area contributed by atoms with Gasteiger partial charge < -0.3 is 24.1 Å². The van der Waals surface area contributed by atoms with Crippen LogP contribution in [0, 0.1) is 0 Å². The summed E-state index contributed by atoms with van der Waals surface area (Å²) < 4.78 is 31.3. The van der Waals surface area contributed by atoms with Crippen molar-refractivity contribution < 1.29 is 23.1 Å². The minimum absolute atomic E-state index is 0.00765. The van der Waals surface area contributed by atoms with Crippen LogP contribution in [0.1, 0.15) is 18.9 Å². The van der Waals surface area contributed by atoms with Gasteiger partial charge in [0, 0.05) is 18.0 Å². The fourth-order valence-electron chi connectivity index (χ4n) is 2.81. The lowest BCUT2D eigenvalue weighted by Crippen LogP contribution is -2.14. The number of aromatic amines is 1. The van der Waals surface area contributed by atoms with Crippen molar-refractivity contribution >= 4 is 42.1 Å². The van der Waals surface area contributed by atoms with Gasteiger partial charge in [0.1, 0.15) is 6.61 Å². The fraction of sp³-hybridized carbons (Fsp3) is 0.400. The minimum atomic E-state index is -3.60. The van der Waals surface area contributed by atoms with Gasteiger partial charge in [-0.05, 0) is 17.7 Å². The van der Waals surface area contributed by atoms with Crippen LogP contribution in [0.3, 0.4) is 0 Å². The Morgan fingerprint density at radius 2 is 2.12 bits per heavy atom. The van der Waals surface area contributed by atoms with Crippen molar-refractivity contribution in [2.75, 3.05) is 31.7 Å². The average Bonchev–Trinajstić information content (AvgIpc) is 3.19. The van der Waals surface area contributed by atoms with Crippen molar-refractivity contribution in [3.8, 4) is 0 Å². The van der Waals surface area contributed by atoms with E-state index in [-0.39, 0.29) is 56.3 Å². The molecule has 13 heteroatoms. The monoisotopic (exact) mass is 497 g/mol. The number of hydrogen-bond donors (Lipinski definition) is 2. The zero-order valence-electron chi connectivity index (χ0n) is 18.0. The number of carbonyl (C=O) groups is 1. The summed E-state index contributed by atoms with van der Waals surface area (Å²) in [5, 5.41) is 0.529. The second-order valence-electron chi connectivity index (χ2n) is 7.08. The molecular weight excluding hydrogens is 473 g/mol. The Balaban J connectivity index is 1.54. The largest absolute Gasteiger partial charge is 0.379 e. The number of rotatable bonds is 13. The molecular formula is C20H25ClN5O6P. The molecule has 3 aromatic rings. The number of nitrogens with zero attached hydrogens (tertiary/aromatic N) is 3. The number of H-pyrrole nitrogens is 1. The lowest BCUT2D eigenvalue weighted by atomic mass is 10.2. The maximum atomic E-state index is 13.1. The molecule has 2 aromatic heterocycles. The topological polar surface area (TPSA) is 151 Å². The quantitative estimate of drug-likeness (QED) is 0.268. The number of anilines is 1. The highest BCUT2D eigenvalue weighted by Gasteiger charge is 2.26. The first-order valence-electron chi connectivity index (χ1n) is 10.2. The van der Waals surface area contributed by atoms with E-state index in [1.54, 1.807) is 35.8 Å². The van der Waals surface area contributed by atoms with E-state index in [9.17, 15) is 14.2 Å². The highest BCUT2D eigenvalue weighted by atomic mass is 35.5. The van der Waals surface area contributed by atoms with Crippen molar-refractivity contribution in [1.82, 2.24) is 19.5 Å². The van der Waals surface area contributed by atoms with Gasteiger partial charge in [0.25, 0.3) is 5.56 Å². The van der Waals surface area contributed by atoms with Crippen LogP contribution >= 0.6 is 19.2 Å². The average molecular weight is 498 g/mol. The number of ether oxygens (including phenoxy) is 1. The zero-order chi connectivity index (χ0) is 23.8. The Kier molecular flexibility index (Phi) is 8.76. The summed E-state index contributed by atoms with van der Waals surface area (Å²) in [5.41, 5.74) is 6.41. The number of aromatic nitrogens is 4. The number of hydrogen-bond acceptors (Lipinski definition) is 9. The molecule has 0 saturated heterocycles. The minimum Gasteiger partial charge on any atom is -0.379 e. The number of fused-ring (bicyclic) bond motifs is 1. The van der Waals surface area contributed by atoms with E-state index in [4.69, 9.17) is 31.1 Å². The molecule has 1 atom stereocenters. The van der Waals surface area contributed by atoms with Crippen LogP contribution < -0.4 is 11.3 Å². The Labute approximate surface area is 194 Å².